The third kappa shape index (κ3) is 3.33. The monoisotopic (exact) mass is 369 g/mol. The topological polar surface area (TPSA) is 76.7 Å². The van der Waals surface area contributed by atoms with Crippen LogP contribution in [0.25, 0.3) is 5.57 Å². The molecule has 26 heavy (non-hydrogen) atoms. The lowest BCUT2D eigenvalue weighted by molar-refractivity contribution is -0.0433. The summed E-state index contributed by atoms with van der Waals surface area (Å²) in [5.41, 5.74) is 1.68. The Balaban J connectivity index is 0.000000948. The minimum atomic E-state index is -0.634. The van der Waals surface area contributed by atoms with Crippen LogP contribution in [0.1, 0.15) is 26.3 Å². The molecule has 6 nitrogen and oxygen atoms in total. The smallest absolute Gasteiger partial charge is 0.302 e. The molecule has 3 unspecified atom stereocenters. The summed E-state index contributed by atoms with van der Waals surface area (Å²) in [4.78, 5) is 7.81. The van der Waals surface area contributed by atoms with Crippen LogP contribution in [0, 0.1) is 11.3 Å². The normalized spacial score (nSPS) is 29.8. The summed E-state index contributed by atoms with van der Waals surface area (Å²) in [5, 5.41) is 9.45. The molecule has 0 bridgehead atoms. The van der Waals surface area contributed by atoms with E-state index in [1.807, 2.05) is 32.9 Å². The Morgan fingerprint density at radius 3 is 2.81 bits per heavy atom. The van der Waals surface area contributed by atoms with E-state index in [1.165, 1.54) is 0 Å². The number of nitriles is 1. The van der Waals surface area contributed by atoms with Gasteiger partial charge in [0.15, 0.2) is 0 Å². The van der Waals surface area contributed by atoms with Crippen molar-refractivity contribution in [1.82, 2.24) is 4.98 Å². The van der Waals surface area contributed by atoms with Gasteiger partial charge >= 0.3 is 5.95 Å². The molecule has 0 aromatic carbocycles. The fourth-order valence-corrected chi connectivity index (χ4v) is 2.73. The summed E-state index contributed by atoms with van der Waals surface area (Å²) in [6.45, 7) is 5.87. The van der Waals surface area contributed by atoms with E-state index >= 15 is 0 Å². The zero-order chi connectivity index (χ0) is 18.7. The third-order valence-electron chi connectivity index (χ3n) is 3.82. The minimum absolute atomic E-state index is 0.141. The van der Waals surface area contributed by atoms with Crippen molar-refractivity contribution in [2.75, 3.05) is 0 Å². The van der Waals surface area contributed by atoms with Crippen LogP contribution in [0.4, 0.5) is 0 Å². The van der Waals surface area contributed by atoms with Crippen LogP contribution in [-0.4, -0.2) is 28.5 Å². The maximum absolute atomic E-state index is 9.45. The zero-order valence-electron chi connectivity index (χ0n) is 14.7. The molecule has 134 valence electrons. The molecule has 1 aromatic rings. The van der Waals surface area contributed by atoms with Crippen LogP contribution in [0.3, 0.4) is 0 Å². The minimum Gasteiger partial charge on any atom is -0.450 e. The SMILES string of the molecule is CC.CC1(S)C=CC2=C(C=N1)C1O/C(=C(\C#N)c3cccnc3)OC1O2. The molecule has 0 N–H and O–H groups in total. The highest BCUT2D eigenvalue weighted by Crippen LogP contribution is 2.40. The van der Waals surface area contributed by atoms with E-state index in [-0.39, 0.29) is 11.5 Å². The van der Waals surface area contributed by atoms with Gasteiger partial charge in [0.1, 0.15) is 22.3 Å². The van der Waals surface area contributed by atoms with Crippen molar-refractivity contribution in [3.8, 4) is 6.07 Å². The number of nitrogens with zero attached hydrogens (tertiary/aromatic N) is 3. The van der Waals surface area contributed by atoms with Gasteiger partial charge < -0.3 is 14.2 Å². The summed E-state index contributed by atoms with van der Waals surface area (Å²) >= 11 is 4.44. The predicted octanol–water partition coefficient (Wildman–Crippen LogP) is 3.61. The Kier molecular flexibility index (Phi) is 5.05. The number of allylic oxidation sites excluding steroid dienone is 2. The van der Waals surface area contributed by atoms with Gasteiger partial charge in [0, 0.05) is 24.2 Å². The van der Waals surface area contributed by atoms with E-state index in [0.29, 0.717) is 11.3 Å². The van der Waals surface area contributed by atoms with Crippen LogP contribution >= 0.6 is 12.6 Å². The maximum atomic E-state index is 9.45. The summed E-state index contributed by atoms with van der Waals surface area (Å²) in [7, 11) is 0. The number of hydrogen-bond acceptors (Lipinski definition) is 7. The molecule has 1 aromatic heterocycles. The third-order valence-corrected chi connectivity index (χ3v) is 4.08. The van der Waals surface area contributed by atoms with Gasteiger partial charge in [-0.05, 0) is 25.1 Å². The summed E-state index contributed by atoms with van der Waals surface area (Å²) < 4.78 is 17.4. The number of aliphatic imine (C=N–C) groups is 1. The van der Waals surface area contributed by atoms with Crippen LogP contribution < -0.4 is 0 Å². The lowest BCUT2D eigenvalue weighted by Crippen LogP contribution is -2.21. The Hall–Kier alpha value is -2.72. The van der Waals surface area contributed by atoms with Gasteiger partial charge in [0.2, 0.25) is 6.10 Å². The van der Waals surface area contributed by atoms with Crippen molar-refractivity contribution in [2.45, 2.75) is 38.0 Å². The Morgan fingerprint density at radius 1 is 1.31 bits per heavy atom. The highest BCUT2D eigenvalue weighted by atomic mass is 32.1. The first-order chi connectivity index (χ1) is 12.6. The molecule has 4 heterocycles. The standard InChI is InChI=1S/C17H13N3O3S.C2H6/c1-17(24)5-4-13-12(9-20-17)14-16(21-13)23-15(22-14)11(7-18)10-3-2-6-19-8-10;1-2/h2-6,8-9,14,16,24H,1H3;1-2H3/b15-11-;. The van der Waals surface area contributed by atoms with Crippen molar-refractivity contribution in [3.05, 3.63) is 59.5 Å². The second-order valence-electron chi connectivity index (χ2n) is 5.66. The first-order valence-corrected chi connectivity index (χ1v) is 8.78. The van der Waals surface area contributed by atoms with E-state index in [4.69, 9.17) is 14.2 Å². The second-order valence-corrected chi connectivity index (χ2v) is 6.57. The molecule has 0 amide bonds. The van der Waals surface area contributed by atoms with Crippen molar-refractivity contribution < 1.29 is 14.2 Å². The highest BCUT2D eigenvalue weighted by Gasteiger charge is 2.47. The first-order valence-electron chi connectivity index (χ1n) is 8.33. The fourth-order valence-electron chi connectivity index (χ4n) is 2.60. The van der Waals surface area contributed by atoms with E-state index in [0.717, 1.165) is 5.57 Å². The average Bonchev–Trinajstić information content (AvgIpc) is 3.15. The van der Waals surface area contributed by atoms with Crippen molar-refractivity contribution in [1.29, 1.82) is 5.26 Å². The number of pyridine rings is 1. The van der Waals surface area contributed by atoms with E-state index in [9.17, 15) is 5.26 Å². The van der Waals surface area contributed by atoms with Gasteiger partial charge in [-0.15, -0.1) is 12.6 Å². The largest absolute Gasteiger partial charge is 0.450 e. The number of hydrogen-bond donors (Lipinski definition) is 1. The van der Waals surface area contributed by atoms with Crippen molar-refractivity contribution in [3.63, 3.8) is 0 Å². The predicted molar refractivity (Wildman–Crippen MR) is 101 cm³/mol. The number of ether oxygens (including phenoxy) is 3. The molecule has 0 spiro atoms. The van der Waals surface area contributed by atoms with Gasteiger partial charge in [-0.3, -0.25) is 9.98 Å². The van der Waals surface area contributed by atoms with E-state index < -0.39 is 17.3 Å². The molecule has 0 saturated carbocycles. The van der Waals surface area contributed by atoms with Gasteiger partial charge in [0.05, 0.1) is 5.57 Å². The summed E-state index contributed by atoms with van der Waals surface area (Å²) in [5.74, 6) is 0.785. The molecule has 3 atom stereocenters. The van der Waals surface area contributed by atoms with Crippen LogP contribution in [0.2, 0.25) is 0 Å². The second kappa shape index (κ2) is 7.26. The zero-order valence-corrected chi connectivity index (χ0v) is 15.6. The quantitative estimate of drug-likeness (QED) is 0.604. The molecular weight excluding hydrogens is 350 g/mol. The maximum Gasteiger partial charge on any atom is 0.302 e. The van der Waals surface area contributed by atoms with Gasteiger partial charge in [-0.1, -0.05) is 19.9 Å². The lowest BCUT2D eigenvalue weighted by Gasteiger charge is -2.12. The number of rotatable bonds is 1. The number of thiol groups is 1. The van der Waals surface area contributed by atoms with Gasteiger partial charge in [-0.25, -0.2) is 0 Å². The number of aromatic nitrogens is 1. The lowest BCUT2D eigenvalue weighted by atomic mass is 10.1. The molecule has 4 rings (SSSR count). The average molecular weight is 369 g/mol. The molecule has 7 heteroatoms. The van der Waals surface area contributed by atoms with Crippen LogP contribution in [0.5, 0.6) is 0 Å². The van der Waals surface area contributed by atoms with Crippen LogP contribution in [0.15, 0.2) is 58.9 Å². The molecule has 1 saturated heterocycles. The van der Waals surface area contributed by atoms with Crippen molar-refractivity contribution >= 4 is 24.4 Å². The van der Waals surface area contributed by atoms with E-state index in [1.54, 1.807) is 30.7 Å². The Labute approximate surface area is 157 Å². The fraction of sp³-hybridized carbons (Fsp3) is 0.316. The van der Waals surface area contributed by atoms with Crippen LogP contribution in [-0.2, 0) is 14.2 Å². The molecular formula is C19H19N3O3S. The van der Waals surface area contributed by atoms with Gasteiger partial charge in [-0.2, -0.15) is 5.26 Å². The summed E-state index contributed by atoms with van der Waals surface area (Å²) in [6, 6.07) is 5.62. The van der Waals surface area contributed by atoms with E-state index in [2.05, 4.69) is 28.7 Å². The Bertz CT molecular complexity index is 851. The van der Waals surface area contributed by atoms with Crippen molar-refractivity contribution in [2.24, 2.45) is 4.99 Å². The molecule has 3 aliphatic heterocycles. The summed E-state index contributed by atoms with van der Waals surface area (Å²) in [6.07, 6.45) is 7.46. The molecule has 0 radical (unpaired) electrons. The number of fused-ring (bicyclic) bond motifs is 2. The Morgan fingerprint density at radius 2 is 2.12 bits per heavy atom. The molecule has 1 fully saturated rings. The highest BCUT2D eigenvalue weighted by molar-refractivity contribution is 7.82. The molecule has 3 aliphatic rings. The first kappa shape index (κ1) is 18.1. The molecule has 0 aliphatic carbocycles. The van der Waals surface area contributed by atoms with Gasteiger partial charge in [0.25, 0.3) is 6.29 Å².